The van der Waals surface area contributed by atoms with E-state index >= 15 is 0 Å². The molecule has 0 aromatic carbocycles. The Kier molecular flexibility index (Phi) is 26.6. The molecule has 2 unspecified atom stereocenters. The Bertz CT molecular complexity index is 442. The van der Waals surface area contributed by atoms with E-state index in [0.29, 0.717) is 25.7 Å². The average Bonchev–Trinajstić information content (AvgIpc) is 2.66. The molecule has 1 N–H and O–H groups in total. The Hall–Kier alpha value is 1.51. The maximum absolute atomic E-state index is 11.5. The summed E-state index contributed by atoms with van der Waals surface area (Å²) < 4.78 is 34.5. The molecule has 2 atom stereocenters. The topological polar surface area (TPSA) is 77.4 Å². The van der Waals surface area contributed by atoms with E-state index in [0.717, 1.165) is 38.5 Å². The van der Waals surface area contributed by atoms with Gasteiger partial charge in [-0.3, -0.25) is 0 Å². The third-order valence-electron chi connectivity index (χ3n) is 5.97. The second kappa shape index (κ2) is 23.7. The molecule has 0 aromatic heterocycles. The van der Waals surface area contributed by atoms with E-state index < -0.39 is 15.4 Å². The molecule has 0 heterocycles. The summed E-state index contributed by atoms with van der Waals surface area (Å²) in [7, 11) is -4.20. The number of aliphatic hydroxyl groups excluding tert-OH is 1. The SMILES string of the molecule is CCCCCCCCCCCCCCCC(CCCCC(O)CCC)S(=O)(=O)[O-].[K+]. The summed E-state index contributed by atoms with van der Waals surface area (Å²) in [4.78, 5) is 0. The van der Waals surface area contributed by atoms with Gasteiger partial charge in [0.25, 0.3) is 0 Å². The van der Waals surface area contributed by atoms with Crippen LogP contribution in [0.4, 0.5) is 0 Å². The predicted molar refractivity (Wildman–Crippen MR) is 123 cm³/mol. The standard InChI is InChI=1S/C24H50O4S.K/c1-3-5-6-7-8-9-10-11-12-13-14-15-16-21-24(29(26,27)28)22-18-17-20-23(25)19-4-2;/h23-25H,3-22H2,1-2H3,(H,26,27,28);/q;+1/p-1. The van der Waals surface area contributed by atoms with Gasteiger partial charge >= 0.3 is 51.4 Å². The smallest absolute Gasteiger partial charge is 0.748 e. The summed E-state index contributed by atoms with van der Waals surface area (Å²) in [5, 5.41) is 8.99. The quantitative estimate of drug-likeness (QED) is 0.146. The van der Waals surface area contributed by atoms with Crippen LogP contribution in [0.25, 0.3) is 0 Å². The van der Waals surface area contributed by atoms with Crippen molar-refractivity contribution in [2.45, 2.75) is 154 Å². The van der Waals surface area contributed by atoms with Crippen molar-refractivity contribution in [2.75, 3.05) is 0 Å². The van der Waals surface area contributed by atoms with Crippen LogP contribution >= 0.6 is 0 Å². The summed E-state index contributed by atoms with van der Waals surface area (Å²) >= 11 is 0. The van der Waals surface area contributed by atoms with Crippen molar-refractivity contribution in [3.8, 4) is 0 Å². The second-order valence-electron chi connectivity index (χ2n) is 8.87. The summed E-state index contributed by atoms with van der Waals surface area (Å²) in [6.07, 6.45) is 21.0. The van der Waals surface area contributed by atoms with Gasteiger partial charge in [-0.2, -0.15) is 0 Å². The fourth-order valence-corrected chi connectivity index (χ4v) is 4.96. The van der Waals surface area contributed by atoms with Crippen LogP contribution in [0.3, 0.4) is 0 Å². The van der Waals surface area contributed by atoms with Crippen LogP contribution in [0.1, 0.15) is 142 Å². The van der Waals surface area contributed by atoms with Crippen LogP contribution in [-0.2, 0) is 10.1 Å². The van der Waals surface area contributed by atoms with Crippen LogP contribution in [0, 0.1) is 0 Å². The van der Waals surface area contributed by atoms with E-state index in [9.17, 15) is 18.1 Å². The molecular weight excluding hydrogens is 423 g/mol. The number of hydrogen-bond donors (Lipinski definition) is 1. The summed E-state index contributed by atoms with van der Waals surface area (Å²) in [5.74, 6) is 0. The molecule has 0 spiro atoms. The Morgan fingerprint density at radius 1 is 0.600 bits per heavy atom. The summed E-state index contributed by atoms with van der Waals surface area (Å²) in [5.41, 5.74) is 0. The molecule has 0 aliphatic rings. The maximum Gasteiger partial charge on any atom is 1.00 e. The minimum atomic E-state index is -4.20. The van der Waals surface area contributed by atoms with Crippen molar-refractivity contribution >= 4 is 10.1 Å². The number of rotatable bonds is 22. The van der Waals surface area contributed by atoms with Crippen molar-refractivity contribution in [3.05, 3.63) is 0 Å². The molecule has 0 bridgehead atoms. The fourth-order valence-electron chi connectivity index (χ4n) is 4.05. The molecule has 0 radical (unpaired) electrons. The molecule has 0 aromatic rings. The van der Waals surface area contributed by atoms with Gasteiger partial charge in [-0.25, -0.2) is 8.42 Å². The molecule has 0 rings (SSSR count). The largest absolute Gasteiger partial charge is 1.00 e. The maximum atomic E-state index is 11.5. The first-order valence-corrected chi connectivity index (χ1v) is 14.0. The molecule has 0 aliphatic heterocycles. The molecular formula is C24H49KO4S. The molecule has 0 saturated carbocycles. The predicted octanol–water partition coefficient (Wildman–Crippen LogP) is 4.11. The first kappa shape index (κ1) is 33.7. The van der Waals surface area contributed by atoms with Gasteiger partial charge in [0.05, 0.1) is 16.2 Å². The Morgan fingerprint density at radius 3 is 1.37 bits per heavy atom. The Labute approximate surface area is 230 Å². The number of hydrogen-bond acceptors (Lipinski definition) is 4. The van der Waals surface area contributed by atoms with Gasteiger partial charge in [-0.15, -0.1) is 0 Å². The van der Waals surface area contributed by atoms with Crippen molar-refractivity contribution in [2.24, 2.45) is 0 Å². The van der Waals surface area contributed by atoms with Gasteiger partial charge in [0.1, 0.15) is 0 Å². The zero-order valence-corrected chi connectivity index (χ0v) is 24.3. The third kappa shape index (κ3) is 22.7. The molecule has 6 heteroatoms. The van der Waals surface area contributed by atoms with Gasteiger partial charge in [0.15, 0.2) is 0 Å². The number of unbranched alkanes of at least 4 members (excludes halogenated alkanes) is 13. The van der Waals surface area contributed by atoms with Crippen LogP contribution in [0.5, 0.6) is 0 Å². The zero-order valence-electron chi connectivity index (χ0n) is 20.4. The minimum Gasteiger partial charge on any atom is -0.748 e. The Balaban J connectivity index is 0. The molecule has 4 nitrogen and oxygen atoms in total. The van der Waals surface area contributed by atoms with Crippen molar-refractivity contribution in [1.82, 2.24) is 0 Å². The van der Waals surface area contributed by atoms with E-state index in [1.807, 2.05) is 6.92 Å². The molecule has 176 valence electrons. The first-order chi connectivity index (χ1) is 13.9. The van der Waals surface area contributed by atoms with Crippen LogP contribution in [0.15, 0.2) is 0 Å². The van der Waals surface area contributed by atoms with Crippen LogP contribution < -0.4 is 51.4 Å². The van der Waals surface area contributed by atoms with Gasteiger partial charge in [-0.05, 0) is 25.7 Å². The van der Waals surface area contributed by atoms with Gasteiger partial charge < -0.3 is 9.66 Å². The Morgan fingerprint density at radius 2 is 0.967 bits per heavy atom. The normalized spacial score (nSPS) is 13.7. The summed E-state index contributed by atoms with van der Waals surface area (Å²) in [6, 6.07) is 0. The summed E-state index contributed by atoms with van der Waals surface area (Å²) in [6.45, 7) is 4.29. The third-order valence-corrected chi connectivity index (χ3v) is 7.26. The van der Waals surface area contributed by atoms with Crippen molar-refractivity contribution in [3.63, 3.8) is 0 Å². The van der Waals surface area contributed by atoms with E-state index in [1.54, 1.807) is 0 Å². The van der Waals surface area contributed by atoms with Gasteiger partial charge in [0, 0.05) is 5.25 Å². The second-order valence-corrected chi connectivity index (χ2v) is 10.5. The van der Waals surface area contributed by atoms with E-state index in [-0.39, 0.29) is 57.5 Å². The number of aliphatic hydroxyl groups is 1. The molecule has 0 amide bonds. The van der Waals surface area contributed by atoms with Crippen molar-refractivity contribution in [1.29, 1.82) is 0 Å². The average molecular weight is 473 g/mol. The molecule has 0 aliphatic carbocycles. The molecule has 0 fully saturated rings. The van der Waals surface area contributed by atoms with Crippen LogP contribution in [-0.4, -0.2) is 29.4 Å². The van der Waals surface area contributed by atoms with E-state index in [4.69, 9.17) is 0 Å². The van der Waals surface area contributed by atoms with Crippen molar-refractivity contribution < 1.29 is 69.5 Å². The minimum absolute atomic E-state index is 0. The van der Waals surface area contributed by atoms with E-state index in [1.165, 1.54) is 64.2 Å². The van der Waals surface area contributed by atoms with Crippen LogP contribution in [0.2, 0.25) is 0 Å². The van der Waals surface area contributed by atoms with Gasteiger partial charge in [-0.1, -0.05) is 117 Å². The van der Waals surface area contributed by atoms with Gasteiger partial charge in [0.2, 0.25) is 0 Å². The molecule has 30 heavy (non-hydrogen) atoms. The first-order valence-electron chi connectivity index (χ1n) is 12.5. The fraction of sp³-hybridized carbons (Fsp3) is 1.00. The van der Waals surface area contributed by atoms with E-state index in [2.05, 4.69) is 6.92 Å². The zero-order chi connectivity index (χ0) is 21.8. The molecule has 0 saturated heterocycles. The monoisotopic (exact) mass is 472 g/mol.